The summed E-state index contributed by atoms with van der Waals surface area (Å²) >= 11 is 0. The second kappa shape index (κ2) is 13.4. The molecule has 0 amide bonds. The second-order valence-electron chi connectivity index (χ2n) is 14.5. The van der Waals surface area contributed by atoms with E-state index in [1.165, 1.54) is 55.3 Å². The van der Waals surface area contributed by atoms with Crippen molar-refractivity contribution < 1.29 is 0 Å². The highest BCUT2D eigenvalue weighted by Gasteiger charge is 2.53. The molecule has 256 valence electrons. The van der Waals surface area contributed by atoms with Crippen molar-refractivity contribution in [2.75, 3.05) is 4.90 Å². The first-order chi connectivity index (χ1) is 26.8. The first-order valence-corrected chi connectivity index (χ1v) is 18.9. The molecule has 10 rings (SSSR count). The number of hydrogen-bond donors (Lipinski definition) is 0. The van der Waals surface area contributed by atoms with Crippen LogP contribution in [0.3, 0.4) is 0 Å². The summed E-state index contributed by atoms with van der Waals surface area (Å²) in [5.41, 5.74) is 13.4. The van der Waals surface area contributed by atoms with Gasteiger partial charge < -0.3 is 4.90 Å². The van der Waals surface area contributed by atoms with Gasteiger partial charge in [0.1, 0.15) is 0 Å². The lowest BCUT2D eigenvalue weighted by Crippen LogP contribution is -2.35. The van der Waals surface area contributed by atoms with E-state index in [0.29, 0.717) is 0 Å². The zero-order valence-electron chi connectivity index (χ0n) is 30.0. The third kappa shape index (κ3) is 5.32. The topological polar surface area (TPSA) is 3.24 Å². The predicted octanol–water partition coefficient (Wildman–Crippen LogP) is 13.8. The van der Waals surface area contributed by atoms with E-state index in [0.717, 1.165) is 17.1 Å². The summed E-state index contributed by atoms with van der Waals surface area (Å²) in [6.07, 6.45) is 9.34. The van der Waals surface area contributed by atoms with Crippen LogP contribution >= 0.6 is 0 Å². The molecule has 0 saturated carbocycles. The van der Waals surface area contributed by atoms with Crippen molar-refractivity contribution >= 4 is 27.8 Å². The summed E-state index contributed by atoms with van der Waals surface area (Å²) in [6.45, 7) is 0. The van der Waals surface area contributed by atoms with Crippen molar-refractivity contribution in [3.05, 3.63) is 247 Å². The average Bonchev–Trinajstić information content (AvgIpc) is 3.55. The van der Waals surface area contributed by atoms with Crippen LogP contribution in [-0.2, 0) is 5.41 Å². The summed E-state index contributed by atoms with van der Waals surface area (Å²) in [5.74, 6) is 0.483. The van der Waals surface area contributed by atoms with E-state index in [1.54, 1.807) is 0 Å². The van der Waals surface area contributed by atoms with Gasteiger partial charge in [-0.15, -0.1) is 0 Å². The molecule has 2 aliphatic rings. The van der Waals surface area contributed by atoms with Gasteiger partial charge in [-0.3, -0.25) is 0 Å². The second-order valence-corrected chi connectivity index (χ2v) is 14.5. The lowest BCUT2D eigenvalue weighted by atomic mass is 9.63. The maximum atomic E-state index is 2.47. The molecule has 0 saturated heterocycles. The molecule has 8 aromatic carbocycles. The molecule has 1 heteroatoms. The summed E-state index contributed by atoms with van der Waals surface area (Å²) < 4.78 is 0. The Bertz CT molecular complexity index is 2600. The number of nitrogens with zero attached hydrogens (tertiary/aromatic N) is 1. The molecule has 0 heterocycles. The maximum Gasteiger partial charge on any atom is 0.0525 e. The number of allylic oxidation sites excluding steroid dienone is 4. The number of benzene rings is 8. The fraction of sp³-hybridized carbons (Fsp3) is 0.0566. The van der Waals surface area contributed by atoms with Crippen LogP contribution in [-0.4, -0.2) is 0 Å². The highest BCUT2D eigenvalue weighted by molar-refractivity contribution is 5.92. The molecule has 54 heavy (non-hydrogen) atoms. The van der Waals surface area contributed by atoms with Crippen LogP contribution in [0.4, 0.5) is 17.1 Å². The predicted molar refractivity (Wildman–Crippen MR) is 227 cm³/mol. The third-order valence-corrected chi connectivity index (χ3v) is 11.6. The van der Waals surface area contributed by atoms with Gasteiger partial charge in [0.25, 0.3) is 0 Å². The molecule has 8 aromatic rings. The van der Waals surface area contributed by atoms with Crippen molar-refractivity contribution in [2.45, 2.75) is 11.3 Å². The number of anilines is 3. The molecule has 2 atom stereocenters. The summed E-state index contributed by atoms with van der Waals surface area (Å²) in [5, 5.41) is 2.44. The van der Waals surface area contributed by atoms with E-state index in [1.807, 2.05) is 0 Å². The van der Waals surface area contributed by atoms with Crippen molar-refractivity contribution in [2.24, 2.45) is 5.92 Å². The van der Waals surface area contributed by atoms with E-state index in [4.69, 9.17) is 0 Å². The van der Waals surface area contributed by atoms with Crippen LogP contribution in [0.5, 0.6) is 0 Å². The number of hydrogen-bond acceptors (Lipinski definition) is 1. The highest BCUT2D eigenvalue weighted by Crippen LogP contribution is 2.60. The van der Waals surface area contributed by atoms with Gasteiger partial charge >= 0.3 is 0 Å². The zero-order chi connectivity index (χ0) is 35.9. The van der Waals surface area contributed by atoms with Crippen LogP contribution < -0.4 is 4.90 Å². The van der Waals surface area contributed by atoms with E-state index in [-0.39, 0.29) is 17.3 Å². The molecule has 0 fully saturated rings. The molecule has 1 nitrogen and oxygen atoms in total. The van der Waals surface area contributed by atoms with Crippen LogP contribution in [0, 0.1) is 5.92 Å². The van der Waals surface area contributed by atoms with Gasteiger partial charge in [0, 0.05) is 28.9 Å². The minimum Gasteiger partial charge on any atom is -0.310 e. The van der Waals surface area contributed by atoms with E-state index in [2.05, 4.69) is 229 Å². The Labute approximate surface area is 317 Å². The quantitative estimate of drug-likeness (QED) is 0.161. The van der Waals surface area contributed by atoms with Gasteiger partial charge in [-0.05, 0) is 97.7 Å². The van der Waals surface area contributed by atoms with Gasteiger partial charge in [0.2, 0.25) is 0 Å². The normalized spacial score (nSPS) is 16.5. The lowest BCUT2D eigenvalue weighted by molar-refractivity contribution is 0.456. The molecule has 0 aliphatic heterocycles. The summed E-state index contributed by atoms with van der Waals surface area (Å²) in [6, 6.07) is 73.5. The van der Waals surface area contributed by atoms with Crippen molar-refractivity contribution in [3.8, 4) is 22.3 Å². The van der Waals surface area contributed by atoms with E-state index < -0.39 is 0 Å². The first-order valence-electron chi connectivity index (χ1n) is 18.9. The van der Waals surface area contributed by atoms with Crippen LogP contribution in [0.25, 0.3) is 33.0 Å². The largest absolute Gasteiger partial charge is 0.310 e. The Balaban J connectivity index is 1.15. The monoisotopic (exact) mass is 689 g/mol. The molecule has 0 spiro atoms. The Hall–Kier alpha value is -6.70. The molecule has 2 unspecified atom stereocenters. The Morgan fingerprint density at radius 3 is 1.52 bits per heavy atom. The van der Waals surface area contributed by atoms with Crippen molar-refractivity contribution in [3.63, 3.8) is 0 Å². The van der Waals surface area contributed by atoms with Crippen LogP contribution in [0.1, 0.15) is 28.2 Å². The van der Waals surface area contributed by atoms with Crippen LogP contribution in [0.15, 0.2) is 224 Å². The third-order valence-electron chi connectivity index (χ3n) is 11.6. The number of rotatable bonds is 7. The molecule has 2 aliphatic carbocycles. The highest BCUT2D eigenvalue weighted by atomic mass is 15.1. The van der Waals surface area contributed by atoms with Gasteiger partial charge in [-0.2, -0.15) is 0 Å². The first kappa shape index (κ1) is 32.0. The minimum atomic E-state index is -0.316. The lowest BCUT2D eigenvalue weighted by Gasteiger charge is -2.38. The smallest absolute Gasteiger partial charge is 0.0525 e. The minimum absolute atomic E-state index is 0.237. The van der Waals surface area contributed by atoms with E-state index >= 15 is 0 Å². The van der Waals surface area contributed by atoms with Gasteiger partial charge in [-0.25, -0.2) is 0 Å². The SMILES string of the molecule is C1=CC2c3cc(N(c4ccc(-c5ccccc5)cc4)c4ccc5cc(-c6ccccc6)ccc5c4)ccc3C(c3ccccc3)(c3ccccc3)C2C=C1. The van der Waals surface area contributed by atoms with E-state index in [9.17, 15) is 0 Å². The summed E-state index contributed by atoms with van der Waals surface area (Å²) in [4.78, 5) is 2.43. The molecule has 0 N–H and O–H groups in total. The van der Waals surface area contributed by atoms with Gasteiger partial charge in [0.05, 0.1) is 5.41 Å². The maximum absolute atomic E-state index is 2.47. The Kier molecular flexibility index (Phi) is 7.92. The van der Waals surface area contributed by atoms with Crippen molar-refractivity contribution in [1.82, 2.24) is 0 Å². The van der Waals surface area contributed by atoms with Gasteiger partial charge in [0.15, 0.2) is 0 Å². The molecule has 0 bridgehead atoms. The number of fused-ring (bicyclic) bond motifs is 4. The molecule has 0 aromatic heterocycles. The molecule has 0 radical (unpaired) electrons. The fourth-order valence-corrected chi connectivity index (χ4v) is 9.15. The molecular formula is C53H39N. The van der Waals surface area contributed by atoms with Gasteiger partial charge in [-0.1, -0.05) is 182 Å². The molecular weight excluding hydrogens is 651 g/mol. The fourth-order valence-electron chi connectivity index (χ4n) is 9.15. The van der Waals surface area contributed by atoms with Crippen molar-refractivity contribution in [1.29, 1.82) is 0 Å². The van der Waals surface area contributed by atoms with Crippen LogP contribution in [0.2, 0.25) is 0 Å². The average molecular weight is 690 g/mol. The zero-order valence-corrected chi connectivity index (χ0v) is 30.0. The summed E-state index contributed by atoms with van der Waals surface area (Å²) in [7, 11) is 0. The standard InChI is InChI=1S/C53H39N/c1-5-15-38(16-6-1)40-27-30-46(31-28-40)54(47-32-29-42-35-41(25-26-43(42)36-47)39-17-7-2-8-18-39)48-33-34-52-50(37-48)49-23-13-14-24-51(49)53(52,44-19-9-3-10-20-44)45-21-11-4-12-22-45/h1-37,49,51H. The Morgan fingerprint density at radius 1 is 0.370 bits per heavy atom. The Morgan fingerprint density at radius 2 is 0.852 bits per heavy atom.